The first-order valence-corrected chi connectivity index (χ1v) is 12.2. The fourth-order valence-electron chi connectivity index (χ4n) is 5.18. The fraction of sp³-hybridized carbons (Fsp3) is 0.500. The Labute approximate surface area is 198 Å². The predicted molar refractivity (Wildman–Crippen MR) is 125 cm³/mol. The lowest BCUT2D eigenvalue weighted by Crippen LogP contribution is -2.47. The predicted octanol–water partition coefficient (Wildman–Crippen LogP) is 3.39. The van der Waals surface area contributed by atoms with E-state index in [-0.39, 0.29) is 29.4 Å². The van der Waals surface area contributed by atoms with Crippen LogP contribution in [0.15, 0.2) is 36.4 Å². The Kier molecular flexibility index (Phi) is 6.85. The molecule has 3 aliphatic rings. The van der Waals surface area contributed by atoms with Crippen LogP contribution in [0.3, 0.4) is 0 Å². The number of carbonyl (C=O) groups is 1. The van der Waals surface area contributed by atoms with E-state index in [1.807, 2.05) is 6.07 Å². The number of fused-ring (bicyclic) bond motifs is 1. The Morgan fingerprint density at radius 1 is 1.06 bits per heavy atom. The van der Waals surface area contributed by atoms with Gasteiger partial charge >= 0.3 is 0 Å². The summed E-state index contributed by atoms with van der Waals surface area (Å²) in [6, 6.07) is 9.58. The van der Waals surface area contributed by atoms with E-state index in [0.717, 1.165) is 56.7 Å². The first-order chi connectivity index (χ1) is 16.5. The van der Waals surface area contributed by atoms with Crippen molar-refractivity contribution >= 4 is 11.6 Å². The molecule has 6 nitrogen and oxygen atoms in total. The SMILES string of the molecule is O=C(NC(Cc1cc(F)c2c(c1)OCCO2)CN1CCCC1)[C@@H]1CCN(c2ccc(F)cc2)C1. The monoisotopic (exact) mass is 471 g/mol. The number of ether oxygens (including phenoxy) is 2. The van der Waals surface area contributed by atoms with Crippen molar-refractivity contribution in [3.05, 3.63) is 53.6 Å². The Morgan fingerprint density at radius 2 is 1.82 bits per heavy atom. The highest BCUT2D eigenvalue weighted by Gasteiger charge is 2.31. The van der Waals surface area contributed by atoms with Crippen LogP contribution in [0, 0.1) is 17.6 Å². The normalized spacial score (nSPS) is 21.0. The van der Waals surface area contributed by atoms with Crippen LogP contribution in [0.25, 0.3) is 0 Å². The second kappa shape index (κ2) is 10.2. The number of rotatable bonds is 7. The van der Waals surface area contributed by atoms with Crippen LogP contribution < -0.4 is 19.7 Å². The van der Waals surface area contributed by atoms with Crippen molar-refractivity contribution in [3.8, 4) is 11.5 Å². The molecule has 2 fully saturated rings. The van der Waals surface area contributed by atoms with E-state index >= 15 is 0 Å². The van der Waals surface area contributed by atoms with Crippen molar-refractivity contribution in [2.75, 3.05) is 50.8 Å². The fourth-order valence-corrected chi connectivity index (χ4v) is 5.18. The molecule has 8 heteroatoms. The lowest BCUT2D eigenvalue weighted by molar-refractivity contribution is -0.125. The molecule has 0 bridgehead atoms. The molecule has 0 aliphatic carbocycles. The molecular formula is C26H31F2N3O3. The molecule has 34 heavy (non-hydrogen) atoms. The molecule has 2 aromatic rings. The molecule has 182 valence electrons. The Hall–Kier alpha value is -2.87. The number of hydrogen-bond acceptors (Lipinski definition) is 5. The van der Waals surface area contributed by atoms with Gasteiger partial charge in [-0.3, -0.25) is 4.79 Å². The van der Waals surface area contributed by atoms with Crippen molar-refractivity contribution in [2.45, 2.75) is 31.7 Å². The average molecular weight is 472 g/mol. The number of hydrogen-bond donors (Lipinski definition) is 1. The summed E-state index contributed by atoms with van der Waals surface area (Å²) in [6.45, 7) is 4.87. The van der Waals surface area contributed by atoms with Gasteiger partial charge in [0.05, 0.1) is 5.92 Å². The van der Waals surface area contributed by atoms with Crippen LogP contribution >= 0.6 is 0 Å². The molecule has 0 spiro atoms. The van der Waals surface area contributed by atoms with Crippen LogP contribution in [0.5, 0.6) is 11.5 Å². The quantitative estimate of drug-likeness (QED) is 0.671. The van der Waals surface area contributed by atoms with Gasteiger partial charge in [-0.25, -0.2) is 8.78 Å². The summed E-state index contributed by atoms with van der Waals surface area (Å²) in [4.78, 5) is 17.7. The second-order valence-corrected chi connectivity index (χ2v) is 9.43. The summed E-state index contributed by atoms with van der Waals surface area (Å²) < 4.78 is 38.8. The largest absolute Gasteiger partial charge is 0.486 e. The van der Waals surface area contributed by atoms with Gasteiger partial charge in [0, 0.05) is 31.4 Å². The maximum atomic E-state index is 14.6. The van der Waals surface area contributed by atoms with E-state index in [1.54, 1.807) is 12.1 Å². The molecule has 3 heterocycles. The minimum Gasteiger partial charge on any atom is -0.486 e. The number of anilines is 1. The van der Waals surface area contributed by atoms with E-state index in [9.17, 15) is 13.6 Å². The van der Waals surface area contributed by atoms with E-state index in [0.29, 0.717) is 31.9 Å². The summed E-state index contributed by atoms with van der Waals surface area (Å²) in [5.41, 5.74) is 1.71. The Balaban J connectivity index is 1.26. The summed E-state index contributed by atoms with van der Waals surface area (Å²) in [7, 11) is 0. The van der Waals surface area contributed by atoms with Crippen LogP contribution in [-0.4, -0.2) is 62.8 Å². The van der Waals surface area contributed by atoms with E-state index in [1.165, 1.54) is 18.2 Å². The summed E-state index contributed by atoms with van der Waals surface area (Å²) in [5.74, 6) is -0.211. The number of carbonyl (C=O) groups excluding carboxylic acids is 1. The highest BCUT2D eigenvalue weighted by atomic mass is 19.1. The molecule has 5 rings (SSSR count). The van der Waals surface area contributed by atoms with Crippen LogP contribution in [0.2, 0.25) is 0 Å². The van der Waals surface area contributed by atoms with Gasteiger partial charge in [0.25, 0.3) is 0 Å². The number of nitrogens with zero attached hydrogens (tertiary/aromatic N) is 2. The van der Waals surface area contributed by atoms with Crippen molar-refractivity contribution in [2.24, 2.45) is 5.92 Å². The molecule has 2 aromatic carbocycles. The highest BCUT2D eigenvalue weighted by Crippen LogP contribution is 2.34. The maximum absolute atomic E-state index is 14.6. The highest BCUT2D eigenvalue weighted by molar-refractivity contribution is 5.80. The van der Waals surface area contributed by atoms with Gasteiger partial charge in [0.2, 0.25) is 5.91 Å². The van der Waals surface area contributed by atoms with Gasteiger partial charge in [-0.15, -0.1) is 0 Å². The molecule has 0 aromatic heterocycles. The number of benzene rings is 2. The number of halogens is 2. The summed E-state index contributed by atoms with van der Waals surface area (Å²) in [6.07, 6.45) is 3.59. The lowest BCUT2D eigenvalue weighted by atomic mass is 10.0. The van der Waals surface area contributed by atoms with Crippen LogP contribution in [-0.2, 0) is 11.2 Å². The van der Waals surface area contributed by atoms with Gasteiger partial charge in [0.15, 0.2) is 17.3 Å². The third kappa shape index (κ3) is 5.27. The molecule has 1 amide bonds. The summed E-state index contributed by atoms with van der Waals surface area (Å²) >= 11 is 0. The third-order valence-electron chi connectivity index (χ3n) is 6.91. The molecule has 0 saturated carbocycles. The standard InChI is InChI=1S/C26H31F2N3O3/c27-20-3-5-22(6-4-20)31-10-7-19(16-31)26(32)29-21(17-30-8-1-2-9-30)13-18-14-23(28)25-24(15-18)33-11-12-34-25/h3-6,14-15,19,21H,1-2,7-13,16-17H2,(H,29,32)/t19-,21?/m1/s1. The van der Waals surface area contributed by atoms with Crippen molar-refractivity contribution in [1.82, 2.24) is 10.2 Å². The number of amides is 1. The van der Waals surface area contributed by atoms with Gasteiger partial charge < -0.3 is 24.6 Å². The molecule has 0 radical (unpaired) electrons. The van der Waals surface area contributed by atoms with E-state index in [4.69, 9.17) is 9.47 Å². The lowest BCUT2D eigenvalue weighted by Gasteiger charge is -2.27. The zero-order chi connectivity index (χ0) is 23.5. The van der Waals surface area contributed by atoms with Crippen molar-refractivity contribution in [3.63, 3.8) is 0 Å². The van der Waals surface area contributed by atoms with Gasteiger partial charge in [-0.05, 0) is 80.7 Å². The Bertz CT molecular complexity index is 1010. The van der Waals surface area contributed by atoms with E-state index < -0.39 is 5.82 Å². The number of likely N-dealkylation sites (tertiary alicyclic amines) is 1. The molecule has 1 unspecified atom stereocenters. The van der Waals surface area contributed by atoms with Crippen molar-refractivity contribution < 1.29 is 23.0 Å². The summed E-state index contributed by atoms with van der Waals surface area (Å²) in [5, 5.41) is 3.25. The third-order valence-corrected chi connectivity index (χ3v) is 6.91. The van der Waals surface area contributed by atoms with Crippen LogP contribution in [0.4, 0.5) is 14.5 Å². The topological polar surface area (TPSA) is 54.0 Å². The minimum absolute atomic E-state index is 0.0202. The molecule has 2 saturated heterocycles. The first-order valence-electron chi connectivity index (χ1n) is 12.2. The average Bonchev–Trinajstić information content (AvgIpc) is 3.52. The zero-order valence-corrected chi connectivity index (χ0v) is 19.3. The maximum Gasteiger partial charge on any atom is 0.225 e. The first kappa shape index (κ1) is 22.9. The molecular weight excluding hydrogens is 440 g/mol. The molecule has 1 N–H and O–H groups in total. The Morgan fingerprint density at radius 3 is 2.62 bits per heavy atom. The molecule has 2 atom stereocenters. The zero-order valence-electron chi connectivity index (χ0n) is 19.3. The van der Waals surface area contributed by atoms with E-state index in [2.05, 4.69) is 15.1 Å². The van der Waals surface area contributed by atoms with Gasteiger partial charge in [0.1, 0.15) is 19.0 Å². The van der Waals surface area contributed by atoms with Crippen LogP contribution in [0.1, 0.15) is 24.8 Å². The smallest absolute Gasteiger partial charge is 0.225 e. The number of nitrogens with one attached hydrogen (secondary N) is 1. The van der Waals surface area contributed by atoms with Gasteiger partial charge in [-0.2, -0.15) is 0 Å². The second-order valence-electron chi connectivity index (χ2n) is 9.43. The van der Waals surface area contributed by atoms with Gasteiger partial charge in [-0.1, -0.05) is 0 Å². The molecule has 3 aliphatic heterocycles. The van der Waals surface area contributed by atoms with Crippen molar-refractivity contribution in [1.29, 1.82) is 0 Å². The minimum atomic E-state index is -0.427.